The van der Waals surface area contributed by atoms with E-state index in [0.29, 0.717) is 30.8 Å². The van der Waals surface area contributed by atoms with Crippen LogP contribution in [0.2, 0.25) is 0 Å². The van der Waals surface area contributed by atoms with Crippen LogP contribution in [0.15, 0.2) is 66.9 Å². The zero-order valence-corrected chi connectivity index (χ0v) is 31.6. The lowest BCUT2D eigenvalue weighted by molar-refractivity contribution is -0.139. The number of alkyl halides is 3. The molecule has 2 N–H and O–H groups in total. The predicted molar refractivity (Wildman–Crippen MR) is 199 cm³/mol. The van der Waals surface area contributed by atoms with Gasteiger partial charge in [0.1, 0.15) is 17.6 Å². The summed E-state index contributed by atoms with van der Waals surface area (Å²) in [7, 11) is 0. The molecule has 14 nitrogen and oxygen atoms in total. The molecule has 4 atom stereocenters. The smallest absolute Gasteiger partial charge is 0.416 e. The molecule has 306 valence electrons. The molecule has 0 unspecified atom stereocenters. The Labute approximate surface area is 330 Å². The largest absolute Gasteiger partial charge is 0.478 e. The van der Waals surface area contributed by atoms with Crippen molar-refractivity contribution in [1.82, 2.24) is 40.4 Å². The van der Waals surface area contributed by atoms with Gasteiger partial charge in [-0.1, -0.05) is 17.3 Å². The molecule has 4 aromatic rings. The van der Waals surface area contributed by atoms with Crippen molar-refractivity contribution >= 4 is 23.6 Å². The molecule has 3 aliphatic rings. The number of rotatable bonds is 9. The van der Waals surface area contributed by atoms with Gasteiger partial charge < -0.3 is 29.9 Å². The van der Waals surface area contributed by atoms with E-state index in [1.807, 2.05) is 0 Å². The Balaban J connectivity index is 1.15. The van der Waals surface area contributed by atoms with Gasteiger partial charge in [-0.05, 0) is 67.1 Å². The van der Waals surface area contributed by atoms with Gasteiger partial charge in [0.15, 0.2) is 0 Å². The lowest BCUT2D eigenvalue weighted by atomic mass is 9.81. The van der Waals surface area contributed by atoms with E-state index in [1.54, 1.807) is 35.4 Å². The minimum Gasteiger partial charge on any atom is -0.478 e. The van der Waals surface area contributed by atoms with E-state index in [4.69, 9.17) is 9.47 Å². The summed E-state index contributed by atoms with van der Waals surface area (Å²) in [5, 5.41) is 13.7. The summed E-state index contributed by atoms with van der Waals surface area (Å²) in [6.45, 7) is 2.43. The molecule has 0 radical (unpaired) electrons. The van der Waals surface area contributed by atoms with Crippen molar-refractivity contribution in [3.8, 4) is 22.8 Å². The molecule has 0 saturated carbocycles. The molecule has 2 fully saturated rings. The van der Waals surface area contributed by atoms with Crippen molar-refractivity contribution in [3.63, 3.8) is 0 Å². The third kappa shape index (κ3) is 9.61. The Morgan fingerprint density at radius 1 is 0.983 bits per heavy atom. The van der Waals surface area contributed by atoms with Crippen LogP contribution >= 0.6 is 0 Å². The van der Waals surface area contributed by atoms with Crippen LogP contribution in [-0.2, 0) is 31.9 Å². The molecule has 4 amide bonds. The lowest BCUT2D eigenvalue weighted by Crippen LogP contribution is -2.52. The van der Waals surface area contributed by atoms with E-state index in [0.717, 1.165) is 12.1 Å². The number of pyridine rings is 1. The zero-order valence-electron chi connectivity index (χ0n) is 31.6. The lowest BCUT2D eigenvalue weighted by Gasteiger charge is -2.40. The SMILES string of the molecule is CC(=O)NCCNC(=O)C[C@@H]1CCN2C[C@@H]1CCOc1cc(C(F)(F)F)cc(n1)-c1cccc(c1)C(=O)N1C[C@H](OCc3cn(-c4ccc(F)cc4)nn3)C[C@H]1C2=O. The monoisotopic (exact) mass is 806 g/mol. The second-order valence-electron chi connectivity index (χ2n) is 14.7. The maximum Gasteiger partial charge on any atom is 0.416 e. The van der Waals surface area contributed by atoms with Crippen LogP contribution < -0.4 is 15.4 Å². The van der Waals surface area contributed by atoms with Gasteiger partial charge in [-0.3, -0.25) is 19.2 Å². The first-order chi connectivity index (χ1) is 27.8. The summed E-state index contributed by atoms with van der Waals surface area (Å²) in [6, 6.07) is 12.6. The van der Waals surface area contributed by atoms with Crippen molar-refractivity contribution in [2.24, 2.45) is 11.8 Å². The van der Waals surface area contributed by atoms with Gasteiger partial charge in [0.25, 0.3) is 5.91 Å². The quantitative estimate of drug-likeness (QED) is 0.187. The molecule has 0 aliphatic carbocycles. The molecule has 6 bridgehead atoms. The second kappa shape index (κ2) is 17.3. The van der Waals surface area contributed by atoms with Gasteiger partial charge in [-0.25, -0.2) is 14.1 Å². The maximum atomic E-state index is 14.5. The molecule has 0 spiro atoms. The summed E-state index contributed by atoms with van der Waals surface area (Å²) >= 11 is 0. The predicted octanol–water partition coefficient (Wildman–Crippen LogP) is 4.18. The van der Waals surface area contributed by atoms with Gasteiger partial charge in [0.05, 0.1) is 42.5 Å². The van der Waals surface area contributed by atoms with Gasteiger partial charge in [0.2, 0.25) is 23.6 Å². The van der Waals surface area contributed by atoms with Crippen LogP contribution in [0, 0.1) is 17.7 Å². The molecule has 2 aromatic carbocycles. The first kappa shape index (κ1) is 40.3. The number of ether oxygens (including phenoxy) is 2. The summed E-state index contributed by atoms with van der Waals surface area (Å²) in [5.41, 5.74) is 0.439. The number of hydrogen-bond donors (Lipinski definition) is 2. The standard InChI is InChI=1S/C40H42F4N8O6/c1-24(53)45-11-12-46-36(54)16-25-9-13-50-20-28(25)10-14-57-37-18-29(40(42,43)44)17-34(47-37)26-3-2-4-27(15-26)38(55)51-22-33(19-35(51)39(50)56)58-23-31-21-52(49-48-31)32-7-5-30(41)6-8-32/h2-8,15,17-18,21,25,28,33,35H,9-14,16,19-20,22-23H2,1H3,(H,45,53)(H,46,54)/t25-,28-,33+,35-/m0/s1. The average molecular weight is 807 g/mol. The number of nitrogens with zero attached hydrogens (tertiary/aromatic N) is 6. The number of nitrogens with one attached hydrogen (secondary N) is 2. The number of carbonyl (C=O) groups is 4. The number of hydrogen-bond acceptors (Lipinski definition) is 9. The van der Waals surface area contributed by atoms with Crippen molar-refractivity contribution in [2.45, 2.75) is 57.5 Å². The molecular weight excluding hydrogens is 764 g/mol. The van der Waals surface area contributed by atoms with Crippen LogP contribution in [-0.4, -0.2) is 105 Å². The molecule has 58 heavy (non-hydrogen) atoms. The third-order valence-electron chi connectivity index (χ3n) is 10.7. The van der Waals surface area contributed by atoms with Crippen LogP contribution in [0.3, 0.4) is 0 Å². The molecule has 7 rings (SSSR count). The van der Waals surface area contributed by atoms with Gasteiger partial charge in [-0.2, -0.15) is 13.2 Å². The van der Waals surface area contributed by atoms with E-state index in [1.165, 1.54) is 40.8 Å². The van der Waals surface area contributed by atoms with E-state index in [9.17, 15) is 36.7 Å². The Morgan fingerprint density at radius 2 is 1.76 bits per heavy atom. The van der Waals surface area contributed by atoms with Crippen molar-refractivity contribution in [3.05, 3.63) is 89.5 Å². The third-order valence-corrected chi connectivity index (χ3v) is 10.7. The normalized spacial score (nSPS) is 21.0. The van der Waals surface area contributed by atoms with Gasteiger partial charge in [0, 0.05) is 69.7 Å². The Kier molecular flexibility index (Phi) is 12.0. The first-order valence-corrected chi connectivity index (χ1v) is 19.0. The minimum absolute atomic E-state index is 0.00812. The topological polar surface area (TPSA) is 161 Å². The Hall–Kier alpha value is -5.91. The van der Waals surface area contributed by atoms with Crippen molar-refractivity contribution in [1.29, 1.82) is 0 Å². The maximum absolute atomic E-state index is 14.5. The Morgan fingerprint density at radius 3 is 2.53 bits per heavy atom. The number of piperidine rings is 1. The molecular formula is C40H42F4N8O6. The van der Waals surface area contributed by atoms with Crippen LogP contribution in [0.1, 0.15) is 54.2 Å². The highest BCUT2D eigenvalue weighted by molar-refractivity contribution is 5.99. The minimum atomic E-state index is -4.71. The summed E-state index contributed by atoms with van der Waals surface area (Å²) in [5.74, 6) is -2.37. The van der Waals surface area contributed by atoms with Gasteiger partial charge in [-0.15, -0.1) is 5.10 Å². The highest BCUT2D eigenvalue weighted by atomic mass is 19.4. The summed E-state index contributed by atoms with van der Waals surface area (Å²) in [6.07, 6.45) is -2.62. The van der Waals surface area contributed by atoms with Crippen molar-refractivity contribution in [2.75, 3.05) is 39.3 Å². The summed E-state index contributed by atoms with van der Waals surface area (Å²) < 4.78 is 69.4. The number of aromatic nitrogens is 4. The highest BCUT2D eigenvalue weighted by Crippen LogP contribution is 2.36. The van der Waals surface area contributed by atoms with Gasteiger partial charge >= 0.3 is 6.18 Å². The van der Waals surface area contributed by atoms with E-state index >= 15 is 0 Å². The summed E-state index contributed by atoms with van der Waals surface area (Å²) in [4.78, 5) is 60.5. The first-order valence-electron chi connectivity index (χ1n) is 19.0. The van der Waals surface area contributed by atoms with Crippen LogP contribution in [0.25, 0.3) is 16.9 Å². The number of halogens is 4. The molecule has 5 heterocycles. The molecule has 2 aromatic heterocycles. The van der Waals surface area contributed by atoms with E-state index in [2.05, 4.69) is 25.9 Å². The average Bonchev–Trinajstić information content (AvgIpc) is 3.86. The second-order valence-corrected chi connectivity index (χ2v) is 14.7. The number of fused-ring (bicyclic) bond motifs is 8. The fourth-order valence-corrected chi connectivity index (χ4v) is 7.69. The number of amides is 4. The highest BCUT2D eigenvalue weighted by Gasteiger charge is 2.44. The fourth-order valence-electron chi connectivity index (χ4n) is 7.69. The fraction of sp³-hybridized carbons (Fsp3) is 0.425. The van der Waals surface area contributed by atoms with Crippen molar-refractivity contribution < 1.29 is 46.2 Å². The molecule has 2 saturated heterocycles. The zero-order chi connectivity index (χ0) is 41.0. The number of carbonyl (C=O) groups excluding carboxylic acids is 4. The van der Waals surface area contributed by atoms with E-state index in [-0.39, 0.29) is 104 Å². The molecule has 18 heteroatoms. The van der Waals surface area contributed by atoms with Crippen LogP contribution in [0.5, 0.6) is 5.88 Å². The number of benzene rings is 2. The van der Waals surface area contributed by atoms with Crippen LogP contribution in [0.4, 0.5) is 17.6 Å². The molecule has 3 aliphatic heterocycles. The van der Waals surface area contributed by atoms with E-state index < -0.39 is 35.6 Å². The Bertz CT molecular complexity index is 2150.